The number of ether oxygens (including phenoxy) is 1. The first kappa shape index (κ1) is 18.5. The van der Waals surface area contributed by atoms with Crippen LogP contribution in [0.3, 0.4) is 0 Å². The molecule has 0 bridgehead atoms. The Morgan fingerprint density at radius 1 is 1.12 bits per heavy atom. The molecule has 0 aliphatic carbocycles. The van der Waals surface area contributed by atoms with Gasteiger partial charge >= 0.3 is 5.97 Å². The number of carbonyl (C=O) groups is 1. The zero-order chi connectivity index (χ0) is 18.0. The van der Waals surface area contributed by atoms with Crippen LogP contribution in [0.2, 0.25) is 5.02 Å². The molecule has 10 heteroatoms. The second-order valence-electron chi connectivity index (χ2n) is 5.09. The number of aromatic hydroxyl groups is 1. The minimum Gasteiger partial charge on any atom is -0.506 e. The zero-order valence-corrected chi connectivity index (χ0v) is 12.8. The van der Waals surface area contributed by atoms with Gasteiger partial charge in [-0.3, -0.25) is 0 Å². The van der Waals surface area contributed by atoms with Crippen LogP contribution in [-0.2, 0) is 9.53 Å². The summed E-state index contributed by atoms with van der Waals surface area (Å²) in [7, 11) is 0. The van der Waals surface area contributed by atoms with Crippen LogP contribution in [0.1, 0.15) is 0 Å². The van der Waals surface area contributed by atoms with Gasteiger partial charge in [0.2, 0.25) is 0 Å². The Morgan fingerprint density at radius 2 is 1.79 bits per heavy atom. The first-order chi connectivity index (χ1) is 11.2. The molecule has 1 fully saturated rings. The quantitative estimate of drug-likeness (QED) is 0.354. The topological polar surface area (TPSA) is 163 Å². The molecule has 0 unspecified atom stereocenters. The fourth-order valence-corrected chi connectivity index (χ4v) is 2.46. The number of carboxylic acids is 1. The maximum atomic E-state index is 10.4. The molecule has 0 saturated carbocycles. The number of aromatic nitrogens is 1. The number of rotatable bonds is 1. The third kappa shape index (κ3) is 3.61. The summed E-state index contributed by atoms with van der Waals surface area (Å²) in [6.07, 6.45) is -7.20. The highest BCUT2D eigenvalue weighted by Crippen LogP contribution is 2.30. The lowest BCUT2D eigenvalue weighted by Gasteiger charge is -2.36. The van der Waals surface area contributed by atoms with E-state index < -0.39 is 36.7 Å². The van der Waals surface area contributed by atoms with Crippen molar-refractivity contribution in [1.82, 2.24) is 4.98 Å². The van der Waals surface area contributed by atoms with Crippen molar-refractivity contribution in [1.29, 1.82) is 0 Å². The molecule has 2 aromatic rings. The van der Waals surface area contributed by atoms with E-state index >= 15 is 0 Å². The van der Waals surface area contributed by atoms with E-state index in [9.17, 15) is 9.90 Å². The van der Waals surface area contributed by atoms with Gasteiger partial charge in [-0.1, -0.05) is 17.7 Å². The van der Waals surface area contributed by atoms with E-state index in [-0.39, 0.29) is 5.75 Å². The first-order valence-corrected chi connectivity index (χ1v) is 7.17. The Balaban J connectivity index is 0.000000175. The van der Waals surface area contributed by atoms with Gasteiger partial charge in [-0.05, 0) is 12.1 Å². The number of halogens is 1. The van der Waals surface area contributed by atoms with E-state index in [4.69, 9.17) is 37.1 Å². The maximum Gasteiger partial charge on any atom is 0.335 e. The zero-order valence-electron chi connectivity index (χ0n) is 12.1. The van der Waals surface area contributed by atoms with Gasteiger partial charge in [0.05, 0.1) is 15.9 Å². The van der Waals surface area contributed by atoms with Crippen LogP contribution in [0, 0.1) is 0 Å². The number of nitrogens with one attached hydrogen (secondary N) is 1. The SMILES string of the molecule is O=C(O)[C@H]1O[C@@H](O)[C@H](O)[C@@H](O)[C@@H]1O.Oc1c[nH]c2cccc(Cl)c12. The van der Waals surface area contributed by atoms with Crippen molar-refractivity contribution in [3.8, 4) is 5.75 Å². The minimum atomic E-state index is -1.81. The lowest BCUT2D eigenvalue weighted by molar-refractivity contribution is -0.279. The van der Waals surface area contributed by atoms with Crippen LogP contribution < -0.4 is 0 Å². The monoisotopic (exact) mass is 361 g/mol. The molecule has 1 aromatic carbocycles. The highest BCUT2D eigenvalue weighted by Gasteiger charge is 2.46. The normalized spacial score (nSPS) is 29.8. The van der Waals surface area contributed by atoms with Gasteiger partial charge in [-0.25, -0.2) is 4.79 Å². The molecule has 0 spiro atoms. The average Bonchev–Trinajstić information content (AvgIpc) is 2.92. The number of aliphatic hydroxyl groups excluding tert-OH is 4. The Morgan fingerprint density at radius 3 is 2.38 bits per heavy atom. The standard InChI is InChI=1S/C8H6ClNO.C6H10O7/c9-5-2-1-3-6-8(5)7(11)4-10-6;7-1-2(8)4(5(10)11)13-6(12)3(1)9/h1-4,10-11H;1-4,6-9,12H,(H,10,11)/t;1-,2-,3+,4-,6+/m.0/s1. The molecule has 7 N–H and O–H groups in total. The summed E-state index contributed by atoms with van der Waals surface area (Å²) in [5.41, 5.74) is 0.856. The van der Waals surface area contributed by atoms with Gasteiger partial charge in [0.25, 0.3) is 0 Å². The van der Waals surface area contributed by atoms with Crippen molar-refractivity contribution >= 4 is 28.5 Å². The number of carboxylic acid groups (broad SMARTS) is 1. The lowest BCUT2D eigenvalue weighted by atomic mass is 9.99. The third-order valence-corrected chi connectivity index (χ3v) is 3.78. The summed E-state index contributed by atoms with van der Waals surface area (Å²) in [5, 5.41) is 54.9. The molecule has 5 atom stereocenters. The number of aliphatic hydroxyl groups is 4. The summed E-state index contributed by atoms with van der Waals surface area (Å²) in [6, 6.07) is 5.44. The lowest BCUT2D eigenvalue weighted by Crippen LogP contribution is -2.59. The number of fused-ring (bicyclic) bond motifs is 1. The highest BCUT2D eigenvalue weighted by atomic mass is 35.5. The average molecular weight is 362 g/mol. The van der Waals surface area contributed by atoms with Crippen molar-refractivity contribution in [2.24, 2.45) is 0 Å². The van der Waals surface area contributed by atoms with Gasteiger partial charge in [0.1, 0.15) is 24.1 Å². The van der Waals surface area contributed by atoms with Gasteiger partial charge in [0, 0.05) is 6.20 Å². The number of hydrogen-bond acceptors (Lipinski definition) is 7. The van der Waals surface area contributed by atoms with Crippen LogP contribution in [0.4, 0.5) is 0 Å². The Kier molecular flexibility index (Phi) is 5.65. The second-order valence-corrected chi connectivity index (χ2v) is 5.50. The Bertz CT molecular complexity index is 720. The molecule has 1 aliphatic heterocycles. The van der Waals surface area contributed by atoms with E-state index in [2.05, 4.69) is 9.72 Å². The van der Waals surface area contributed by atoms with Crippen molar-refractivity contribution in [2.75, 3.05) is 0 Å². The molecule has 1 saturated heterocycles. The number of benzene rings is 1. The van der Waals surface area contributed by atoms with Crippen molar-refractivity contribution in [3.05, 3.63) is 29.4 Å². The predicted molar refractivity (Wildman–Crippen MR) is 81.5 cm³/mol. The summed E-state index contributed by atoms with van der Waals surface area (Å²) < 4.78 is 4.34. The van der Waals surface area contributed by atoms with Crippen LogP contribution in [0.15, 0.2) is 24.4 Å². The van der Waals surface area contributed by atoms with Crippen molar-refractivity contribution in [3.63, 3.8) is 0 Å². The Labute approximate surface area is 140 Å². The molecule has 1 aliphatic rings. The molecule has 0 radical (unpaired) electrons. The number of aliphatic carboxylic acids is 1. The largest absolute Gasteiger partial charge is 0.506 e. The molecule has 24 heavy (non-hydrogen) atoms. The van der Waals surface area contributed by atoms with Gasteiger partial charge in [-0.2, -0.15) is 0 Å². The second kappa shape index (κ2) is 7.34. The van der Waals surface area contributed by atoms with Crippen LogP contribution in [0.25, 0.3) is 10.9 Å². The Hall–Kier alpha value is -1.88. The van der Waals surface area contributed by atoms with Gasteiger partial charge in [0.15, 0.2) is 12.4 Å². The molecule has 9 nitrogen and oxygen atoms in total. The van der Waals surface area contributed by atoms with Gasteiger partial charge < -0.3 is 40.4 Å². The smallest absolute Gasteiger partial charge is 0.335 e. The highest BCUT2D eigenvalue weighted by molar-refractivity contribution is 6.36. The van der Waals surface area contributed by atoms with E-state index in [0.717, 1.165) is 5.52 Å². The molecule has 0 amide bonds. The number of hydrogen-bond donors (Lipinski definition) is 7. The van der Waals surface area contributed by atoms with E-state index in [1.807, 2.05) is 12.1 Å². The summed E-state index contributed by atoms with van der Waals surface area (Å²) >= 11 is 5.82. The number of H-pyrrole nitrogens is 1. The maximum absolute atomic E-state index is 10.4. The molecular formula is C14H16ClNO8. The van der Waals surface area contributed by atoms with E-state index in [1.54, 1.807) is 6.07 Å². The molecule has 2 heterocycles. The van der Waals surface area contributed by atoms with Crippen LogP contribution >= 0.6 is 11.6 Å². The first-order valence-electron chi connectivity index (χ1n) is 6.79. The number of aromatic amines is 1. The van der Waals surface area contributed by atoms with Crippen LogP contribution in [-0.4, -0.2) is 72.3 Å². The third-order valence-electron chi connectivity index (χ3n) is 3.47. The van der Waals surface area contributed by atoms with E-state index in [0.29, 0.717) is 10.4 Å². The summed E-state index contributed by atoms with van der Waals surface area (Å²) in [5.74, 6) is -1.32. The molecule has 132 valence electrons. The van der Waals surface area contributed by atoms with E-state index in [1.165, 1.54) is 6.20 Å². The summed E-state index contributed by atoms with van der Waals surface area (Å²) in [4.78, 5) is 13.3. The molecule has 3 rings (SSSR count). The predicted octanol–water partition coefficient (Wildman–Crippen LogP) is -0.602. The van der Waals surface area contributed by atoms with Crippen LogP contribution in [0.5, 0.6) is 5.75 Å². The fourth-order valence-electron chi connectivity index (χ4n) is 2.19. The minimum absolute atomic E-state index is 0.200. The van der Waals surface area contributed by atoms with Crippen molar-refractivity contribution in [2.45, 2.75) is 30.7 Å². The fraction of sp³-hybridized carbons (Fsp3) is 0.357. The molecular weight excluding hydrogens is 346 g/mol. The van der Waals surface area contributed by atoms with Crippen molar-refractivity contribution < 1.29 is 40.2 Å². The molecule has 1 aromatic heterocycles. The summed E-state index contributed by atoms with van der Waals surface area (Å²) in [6.45, 7) is 0. The van der Waals surface area contributed by atoms with Gasteiger partial charge in [-0.15, -0.1) is 0 Å².